The first-order valence-corrected chi connectivity index (χ1v) is 7.66. The lowest BCUT2D eigenvalue weighted by molar-refractivity contribution is 0.373. The van der Waals surface area contributed by atoms with Crippen molar-refractivity contribution in [3.63, 3.8) is 0 Å². The zero-order valence-corrected chi connectivity index (χ0v) is 14.0. The van der Waals surface area contributed by atoms with E-state index in [-0.39, 0.29) is 5.75 Å². The number of H-pyrrole nitrogens is 1. The molecule has 24 heavy (non-hydrogen) atoms. The average Bonchev–Trinajstić information content (AvgIpc) is 2.95. The number of phenolic OH excluding ortho intramolecular Hbond substituents is 1. The van der Waals surface area contributed by atoms with E-state index in [2.05, 4.69) is 15.3 Å². The highest BCUT2D eigenvalue weighted by Crippen LogP contribution is 2.28. The van der Waals surface area contributed by atoms with Gasteiger partial charge in [-0.05, 0) is 36.8 Å². The SMILES string of the molecule is COc1cccc(C=Nn2c(-c3ccccc3C)n[nH]c2=S)c1O. The van der Waals surface area contributed by atoms with Gasteiger partial charge in [-0.2, -0.15) is 14.9 Å². The molecule has 0 saturated carbocycles. The van der Waals surface area contributed by atoms with Crippen LogP contribution >= 0.6 is 12.2 Å². The number of aryl methyl sites for hydroxylation is 1. The third kappa shape index (κ3) is 2.93. The van der Waals surface area contributed by atoms with Crippen LogP contribution in [0.15, 0.2) is 47.6 Å². The van der Waals surface area contributed by atoms with Crippen molar-refractivity contribution in [1.82, 2.24) is 14.9 Å². The standard InChI is InChI=1S/C17H16N4O2S/c1-11-6-3-4-8-13(11)16-19-20-17(24)21(16)18-10-12-7-5-9-14(23-2)15(12)22/h3-10,22H,1-2H3,(H,20,24). The van der Waals surface area contributed by atoms with Crippen molar-refractivity contribution >= 4 is 18.4 Å². The number of hydrogen-bond donors (Lipinski definition) is 2. The summed E-state index contributed by atoms with van der Waals surface area (Å²) < 4.78 is 6.99. The Bertz CT molecular complexity index is 959. The third-order valence-corrected chi connectivity index (χ3v) is 3.86. The van der Waals surface area contributed by atoms with Crippen molar-refractivity contribution in [2.75, 3.05) is 7.11 Å². The Morgan fingerprint density at radius 1 is 1.25 bits per heavy atom. The van der Waals surface area contributed by atoms with Crippen molar-refractivity contribution < 1.29 is 9.84 Å². The Labute approximate surface area is 144 Å². The number of benzene rings is 2. The summed E-state index contributed by atoms with van der Waals surface area (Å²) in [7, 11) is 1.50. The van der Waals surface area contributed by atoms with Gasteiger partial charge in [0.05, 0.1) is 13.3 Å². The summed E-state index contributed by atoms with van der Waals surface area (Å²) in [5.74, 6) is 1.02. The van der Waals surface area contributed by atoms with Gasteiger partial charge in [0.25, 0.3) is 0 Å². The van der Waals surface area contributed by atoms with E-state index in [4.69, 9.17) is 17.0 Å². The van der Waals surface area contributed by atoms with E-state index in [1.165, 1.54) is 18.0 Å². The molecule has 0 aliphatic heterocycles. The second kappa shape index (κ2) is 6.67. The second-order valence-corrected chi connectivity index (χ2v) is 5.51. The number of hydrogen-bond acceptors (Lipinski definition) is 5. The monoisotopic (exact) mass is 340 g/mol. The molecular weight excluding hydrogens is 324 g/mol. The maximum atomic E-state index is 10.1. The van der Waals surface area contributed by atoms with Gasteiger partial charge < -0.3 is 9.84 Å². The number of nitrogens with one attached hydrogen (secondary N) is 1. The van der Waals surface area contributed by atoms with Crippen LogP contribution in [0.4, 0.5) is 0 Å². The molecule has 0 saturated heterocycles. The van der Waals surface area contributed by atoms with Crippen molar-refractivity contribution in [2.24, 2.45) is 5.10 Å². The molecule has 6 nitrogen and oxygen atoms in total. The zero-order chi connectivity index (χ0) is 17.1. The first-order chi connectivity index (χ1) is 11.6. The second-order valence-electron chi connectivity index (χ2n) is 5.12. The van der Waals surface area contributed by atoms with E-state index in [1.807, 2.05) is 31.2 Å². The number of aromatic nitrogens is 3. The lowest BCUT2D eigenvalue weighted by Crippen LogP contribution is -1.97. The predicted octanol–water partition coefficient (Wildman–Crippen LogP) is 3.51. The van der Waals surface area contributed by atoms with Gasteiger partial charge in [0, 0.05) is 11.1 Å². The Morgan fingerprint density at radius 3 is 2.79 bits per heavy atom. The fraction of sp³-hybridized carbons (Fsp3) is 0.118. The highest BCUT2D eigenvalue weighted by atomic mass is 32.1. The van der Waals surface area contributed by atoms with E-state index >= 15 is 0 Å². The van der Waals surface area contributed by atoms with E-state index in [9.17, 15) is 5.11 Å². The molecule has 1 aromatic heterocycles. The van der Waals surface area contributed by atoms with Gasteiger partial charge in [-0.25, -0.2) is 5.10 Å². The summed E-state index contributed by atoms with van der Waals surface area (Å²) in [4.78, 5) is 0. The van der Waals surface area contributed by atoms with Crippen LogP contribution in [0, 0.1) is 11.7 Å². The van der Waals surface area contributed by atoms with Crippen LogP contribution < -0.4 is 4.74 Å². The largest absolute Gasteiger partial charge is 0.504 e. The molecule has 0 radical (unpaired) electrons. The van der Waals surface area contributed by atoms with E-state index in [0.29, 0.717) is 21.9 Å². The fourth-order valence-corrected chi connectivity index (χ4v) is 2.50. The Hall–Kier alpha value is -2.93. The number of ether oxygens (including phenoxy) is 1. The smallest absolute Gasteiger partial charge is 0.216 e. The number of nitrogens with zero attached hydrogens (tertiary/aromatic N) is 3. The van der Waals surface area contributed by atoms with Crippen LogP contribution in [0.2, 0.25) is 0 Å². The number of para-hydroxylation sites is 1. The quantitative estimate of drug-likeness (QED) is 0.563. The molecule has 2 N–H and O–H groups in total. The topological polar surface area (TPSA) is 75.4 Å². The van der Waals surface area contributed by atoms with Crippen molar-refractivity contribution in [1.29, 1.82) is 0 Å². The minimum Gasteiger partial charge on any atom is -0.504 e. The van der Waals surface area contributed by atoms with Crippen LogP contribution in [0.5, 0.6) is 11.5 Å². The first-order valence-electron chi connectivity index (χ1n) is 7.25. The highest BCUT2D eigenvalue weighted by molar-refractivity contribution is 7.71. The summed E-state index contributed by atoms with van der Waals surface area (Å²) in [5.41, 5.74) is 2.51. The molecule has 2 aromatic carbocycles. The Kier molecular flexibility index (Phi) is 4.43. The van der Waals surface area contributed by atoms with E-state index in [1.54, 1.807) is 18.2 Å². The Morgan fingerprint density at radius 2 is 2.04 bits per heavy atom. The van der Waals surface area contributed by atoms with Gasteiger partial charge >= 0.3 is 0 Å². The number of methoxy groups -OCH3 is 1. The van der Waals surface area contributed by atoms with E-state index < -0.39 is 0 Å². The molecule has 0 aliphatic carbocycles. The number of aromatic amines is 1. The summed E-state index contributed by atoms with van der Waals surface area (Å²) in [6.07, 6.45) is 1.52. The molecule has 0 spiro atoms. The van der Waals surface area contributed by atoms with Gasteiger partial charge in [-0.3, -0.25) is 0 Å². The van der Waals surface area contributed by atoms with Crippen LogP contribution in [-0.2, 0) is 0 Å². The molecule has 7 heteroatoms. The molecular formula is C17H16N4O2S. The lowest BCUT2D eigenvalue weighted by Gasteiger charge is -2.06. The molecule has 0 unspecified atom stereocenters. The lowest BCUT2D eigenvalue weighted by atomic mass is 10.1. The van der Waals surface area contributed by atoms with Gasteiger partial charge in [0.2, 0.25) is 4.77 Å². The number of phenols is 1. The highest BCUT2D eigenvalue weighted by Gasteiger charge is 2.11. The molecule has 0 aliphatic rings. The minimum atomic E-state index is 0.0243. The third-order valence-electron chi connectivity index (χ3n) is 3.60. The molecule has 3 aromatic rings. The molecule has 0 bridgehead atoms. The molecule has 1 heterocycles. The van der Waals surface area contributed by atoms with E-state index in [0.717, 1.165) is 11.1 Å². The average molecular weight is 340 g/mol. The van der Waals surface area contributed by atoms with Crippen LogP contribution in [0.25, 0.3) is 11.4 Å². The molecule has 0 atom stereocenters. The summed E-state index contributed by atoms with van der Waals surface area (Å²) in [6.45, 7) is 2.00. The summed E-state index contributed by atoms with van der Waals surface area (Å²) in [5, 5.41) is 21.5. The van der Waals surface area contributed by atoms with Crippen LogP contribution in [0.1, 0.15) is 11.1 Å². The predicted molar refractivity (Wildman–Crippen MR) is 95.2 cm³/mol. The van der Waals surface area contributed by atoms with Crippen molar-refractivity contribution in [3.8, 4) is 22.9 Å². The first kappa shape index (κ1) is 15.9. The molecule has 0 fully saturated rings. The summed E-state index contributed by atoms with van der Waals surface area (Å²) >= 11 is 5.26. The fourth-order valence-electron chi connectivity index (χ4n) is 2.33. The molecule has 122 valence electrons. The van der Waals surface area contributed by atoms with Gasteiger partial charge in [0.15, 0.2) is 17.3 Å². The number of rotatable bonds is 4. The zero-order valence-electron chi connectivity index (χ0n) is 13.2. The van der Waals surface area contributed by atoms with Gasteiger partial charge in [-0.15, -0.1) is 0 Å². The van der Waals surface area contributed by atoms with Crippen LogP contribution in [0.3, 0.4) is 0 Å². The minimum absolute atomic E-state index is 0.0243. The van der Waals surface area contributed by atoms with Gasteiger partial charge in [0.1, 0.15) is 0 Å². The van der Waals surface area contributed by atoms with Crippen molar-refractivity contribution in [3.05, 3.63) is 58.4 Å². The maximum absolute atomic E-state index is 10.1. The maximum Gasteiger partial charge on any atom is 0.216 e. The van der Waals surface area contributed by atoms with Gasteiger partial charge in [-0.1, -0.05) is 30.3 Å². The normalized spacial score (nSPS) is 11.1. The van der Waals surface area contributed by atoms with Crippen molar-refractivity contribution in [2.45, 2.75) is 6.92 Å². The number of aromatic hydroxyl groups is 1. The molecule has 0 amide bonds. The summed E-state index contributed by atoms with van der Waals surface area (Å²) in [6, 6.07) is 13.0. The Balaban J connectivity index is 2.05. The molecule has 3 rings (SSSR count). The van der Waals surface area contributed by atoms with Crippen LogP contribution in [-0.4, -0.2) is 33.3 Å².